The molecule has 1 aromatic heterocycles. The molecule has 3 rings (SSSR count). The van der Waals surface area contributed by atoms with E-state index in [-0.39, 0.29) is 12.0 Å². The van der Waals surface area contributed by atoms with Crippen LogP contribution in [-0.2, 0) is 9.53 Å². The van der Waals surface area contributed by atoms with E-state index in [0.717, 1.165) is 17.2 Å². The zero-order valence-electron chi connectivity index (χ0n) is 13.5. The fourth-order valence-electron chi connectivity index (χ4n) is 3.56. The molecular weight excluding hydrogens is 278 g/mol. The zero-order valence-corrected chi connectivity index (χ0v) is 13.5. The van der Waals surface area contributed by atoms with Crippen LogP contribution in [0.3, 0.4) is 0 Å². The molecule has 1 saturated carbocycles. The van der Waals surface area contributed by atoms with Crippen molar-refractivity contribution in [1.29, 1.82) is 0 Å². The third-order valence-electron chi connectivity index (χ3n) is 4.67. The summed E-state index contributed by atoms with van der Waals surface area (Å²) >= 11 is 0. The number of carbonyl (C=O) groups excluding carboxylic acids is 1. The summed E-state index contributed by atoms with van der Waals surface area (Å²) in [6.07, 6.45) is 5.57. The van der Waals surface area contributed by atoms with Crippen molar-refractivity contribution in [2.75, 3.05) is 19.7 Å². The summed E-state index contributed by atoms with van der Waals surface area (Å²) in [5.41, 5.74) is 1.84. The molecule has 5 heteroatoms. The number of amides is 1. The van der Waals surface area contributed by atoms with Gasteiger partial charge in [0.05, 0.1) is 18.8 Å². The van der Waals surface area contributed by atoms with Crippen LogP contribution >= 0.6 is 0 Å². The highest BCUT2D eigenvalue weighted by atomic mass is 16.5. The van der Waals surface area contributed by atoms with Crippen molar-refractivity contribution in [3.8, 4) is 0 Å². The van der Waals surface area contributed by atoms with Crippen molar-refractivity contribution in [3.05, 3.63) is 23.3 Å². The third-order valence-corrected chi connectivity index (χ3v) is 4.67. The summed E-state index contributed by atoms with van der Waals surface area (Å²) in [4.78, 5) is 23.2. The Labute approximate surface area is 132 Å². The Hall–Kier alpha value is -1.49. The molecule has 0 radical (unpaired) electrons. The van der Waals surface area contributed by atoms with Crippen molar-refractivity contribution in [2.45, 2.75) is 52.1 Å². The first-order valence-corrected chi connectivity index (χ1v) is 8.33. The van der Waals surface area contributed by atoms with Crippen LogP contribution in [-0.4, -0.2) is 40.5 Å². The molecule has 2 fully saturated rings. The number of aromatic nitrogens is 2. The minimum atomic E-state index is -0.123. The highest BCUT2D eigenvalue weighted by Crippen LogP contribution is 2.29. The van der Waals surface area contributed by atoms with Crippen molar-refractivity contribution >= 4 is 5.91 Å². The standard InChI is InChI=1S/C17H25N3O2/c1-12-9-15(19-13(2)18-12)16-11-20(7-8-22-16)17(21)10-14-5-3-4-6-14/h9,14,16H,3-8,10-11H2,1-2H3/t16-/m1/s1. The number of nitrogens with zero attached hydrogens (tertiary/aromatic N) is 3. The van der Waals surface area contributed by atoms with Gasteiger partial charge in [0.1, 0.15) is 11.9 Å². The predicted molar refractivity (Wildman–Crippen MR) is 83.4 cm³/mol. The molecule has 0 spiro atoms. The zero-order chi connectivity index (χ0) is 15.5. The Morgan fingerprint density at radius 1 is 1.32 bits per heavy atom. The fourth-order valence-corrected chi connectivity index (χ4v) is 3.56. The quantitative estimate of drug-likeness (QED) is 0.861. The monoisotopic (exact) mass is 303 g/mol. The number of morpholine rings is 1. The second kappa shape index (κ2) is 6.73. The molecule has 1 atom stereocenters. The van der Waals surface area contributed by atoms with E-state index < -0.39 is 0 Å². The second-order valence-corrected chi connectivity index (χ2v) is 6.54. The lowest BCUT2D eigenvalue weighted by Crippen LogP contribution is -2.43. The van der Waals surface area contributed by atoms with Crippen molar-refractivity contribution in [2.24, 2.45) is 5.92 Å². The van der Waals surface area contributed by atoms with Crippen LogP contribution in [0.5, 0.6) is 0 Å². The summed E-state index contributed by atoms with van der Waals surface area (Å²) in [6.45, 7) is 5.75. The van der Waals surface area contributed by atoms with Gasteiger partial charge < -0.3 is 9.64 Å². The van der Waals surface area contributed by atoms with Gasteiger partial charge in [0.25, 0.3) is 0 Å². The van der Waals surface area contributed by atoms with Crippen LogP contribution in [0, 0.1) is 19.8 Å². The topological polar surface area (TPSA) is 55.3 Å². The summed E-state index contributed by atoms with van der Waals surface area (Å²) in [5.74, 6) is 1.63. The van der Waals surface area contributed by atoms with E-state index in [4.69, 9.17) is 4.74 Å². The maximum Gasteiger partial charge on any atom is 0.223 e. The first kappa shape index (κ1) is 15.4. The molecule has 1 aromatic rings. The molecule has 1 aliphatic heterocycles. The number of rotatable bonds is 3. The molecule has 5 nitrogen and oxygen atoms in total. The SMILES string of the molecule is Cc1cc([C@H]2CN(C(=O)CC3CCCC3)CCO2)nc(C)n1. The summed E-state index contributed by atoms with van der Waals surface area (Å²) in [6, 6.07) is 1.96. The maximum absolute atomic E-state index is 12.5. The third kappa shape index (κ3) is 3.64. The lowest BCUT2D eigenvalue weighted by atomic mass is 10.0. The lowest BCUT2D eigenvalue weighted by molar-refractivity contribution is -0.140. The summed E-state index contributed by atoms with van der Waals surface area (Å²) in [5, 5.41) is 0. The minimum absolute atomic E-state index is 0.123. The molecule has 0 bridgehead atoms. The summed E-state index contributed by atoms with van der Waals surface area (Å²) < 4.78 is 5.84. The first-order valence-electron chi connectivity index (χ1n) is 8.33. The molecule has 1 saturated heterocycles. The first-order chi connectivity index (χ1) is 10.6. The van der Waals surface area contributed by atoms with Crippen molar-refractivity contribution in [3.63, 3.8) is 0 Å². The Morgan fingerprint density at radius 2 is 2.09 bits per heavy atom. The number of hydrogen-bond acceptors (Lipinski definition) is 4. The van der Waals surface area contributed by atoms with Crippen LogP contribution in [0.15, 0.2) is 6.07 Å². The normalized spacial score (nSPS) is 23.0. The molecule has 1 amide bonds. The number of ether oxygens (including phenoxy) is 1. The van der Waals surface area contributed by atoms with E-state index in [1.807, 2.05) is 24.8 Å². The molecule has 0 N–H and O–H groups in total. The molecule has 0 aromatic carbocycles. The van der Waals surface area contributed by atoms with Gasteiger partial charge in [0.2, 0.25) is 5.91 Å². The van der Waals surface area contributed by atoms with Crippen LogP contribution in [0.25, 0.3) is 0 Å². The Balaban J connectivity index is 1.64. The number of aryl methyl sites for hydroxylation is 2. The van der Waals surface area contributed by atoms with E-state index in [2.05, 4.69) is 9.97 Å². The van der Waals surface area contributed by atoms with Gasteiger partial charge in [-0.15, -0.1) is 0 Å². The maximum atomic E-state index is 12.5. The van der Waals surface area contributed by atoms with E-state index in [1.165, 1.54) is 25.7 Å². The molecule has 1 aliphatic carbocycles. The van der Waals surface area contributed by atoms with Gasteiger partial charge in [-0.05, 0) is 38.7 Å². The fraction of sp³-hybridized carbons (Fsp3) is 0.706. The van der Waals surface area contributed by atoms with E-state index in [9.17, 15) is 4.79 Å². The van der Waals surface area contributed by atoms with Gasteiger partial charge in [-0.2, -0.15) is 0 Å². The highest BCUT2D eigenvalue weighted by Gasteiger charge is 2.28. The van der Waals surface area contributed by atoms with Crippen LogP contribution in [0.2, 0.25) is 0 Å². The Kier molecular flexibility index (Phi) is 4.71. The van der Waals surface area contributed by atoms with Crippen molar-refractivity contribution in [1.82, 2.24) is 14.9 Å². The average Bonchev–Trinajstić information content (AvgIpc) is 2.99. The summed E-state index contributed by atoms with van der Waals surface area (Å²) in [7, 11) is 0. The van der Waals surface area contributed by atoms with Gasteiger partial charge in [-0.3, -0.25) is 4.79 Å². The van der Waals surface area contributed by atoms with Crippen molar-refractivity contribution < 1.29 is 9.53 Å². The van der Waals surface area contributed by atoms with E-state index in [1.54, 1.807) is 0 Å². The average molecular weight is 303 g/mol. The lowest BCUT2D eigenvalue weighted by Gasteiger charge is -2.33. The molecule has 22 heavy (non-hydrogen) atoms. The van der Waals surface area contributed by atoms with E-state index in [0.29, 0.717) is 32.0 Å². The molecule has 120 valence electrons. The largest absolute Gasteiger partial charge is 0.368 e. The smallest absolute Gasteiger partial charge is 0.223 e. The highest BCUT2D eigenvalue weighted by molar-refractivity contribution is 5.76. The Bertz CT molecular complexity index is 520. The van der Waals surface area contributed by atoms with Gasteiger partial charge >= 0.3 is 0 Å². The second-order valence-electron chi connectivity index (χ2n) is 6.54. The predicted octanol–water partition coefficient (Wildman–Crippen LogP) is 2.57. The van der Waals surface area contributed by atoms with Crippen LogP contribution < -0.4 is 0 Å². The molecule has 2 heterocycles. The van der Waals surface area contributed by atoms with Crippen LogP contribution in [0.1, 0.15) is 55.4 Å². The molecule has 0 unspecified atom stereocenters. The van der Waals surface area contributed by atoms with Gasteiger partial charge in [-0.25, -0.2) is 9.97 Å². The number of carbonyl (C=O) groups is 1. The molecular formula is C17H25N3O2. The van der Waals surface area contributed by atoms with Gasteiger partial charge in [-0.1, -0.05) is 12.8 Å². The van der Waals surface area contributed by atoms with Gasteiger partial charge in [0.15, 0.2) is 0 Å². The molecule has 2 aliphatic rings. The van der Waals surface area contributed by atoms with E-state index >= 15 is 0 Å². The van der Waals surface area contributed by atoms with Crippen LogP contribution in [0.4, 0.5) is 0 Å². The number of hydrogen-bond donors (Lipinski definition) is 0. The Morgan fingerprint density at radius 3 is 2.82 bits per heavy atom. The minimum Gasteiger partial charge on any atom is -0.368 e. The van der Waals surface area contributed by atoms with Gasteiger partial charge in [0, 0.05) is 18.7 Å².